The van der Waals surface area contributed by atoms with Gasteiger partial charge in [0.25, 0.3) is 11.8 Å². The predicted molar refractivity (Wildman–Crippen MR) is 122 cm³/mol. The van der Waals surface area contributed by atoms with Gasteiger partial charge in [-0.15, -0.1) is 5.53 Å². The summed E-state index contributed by atoms with van der Waals surface area (Å²) in [6, 6.07) is 12.3. The van der Waals surface area contributed by atoms with Crippen LogP contribution in [0, 0.1) is 0 Å². The van der Waals surface area contributed by atoms with Crippen LogP contribution in [0.25, 0.3) is 0 Å². The van der Waals surface area contributed by atoms with Gasteiger partial charge in [0.15, 0.2) is 0 Å². The van der Waals surface area contributed by atoms with Crippen LogP contribution in [0.5, 0.6) is 5.75 Å². The van der Waals surface area contributed by atoms with Gasteiger partial charge in [-0.05, 0) is 29.7 Å². The molecule has 2 aromatic rings. The second-order valence-electron chi connectivity index (χ2n) is 8.52. The van der Waals surface area contributed by atoms with Crippen LogP contribution >= 0.6 is 0 Å². The van der Waals surface area contributed by atoms with E-state index in [2.05, 4.69) is 16.3 Å². The number of hydrogen-bond acceptors (Lipinski definition) is 8. The molecule has 3 aliphatic rings. The Kier molecular flexibility index (Phi) is 5.83. The van der Waals surface area contributed by atoms with Crippen molar-refractivity contribution in [2.45, 2.75) is 38.6 Å². The third kappa shape index (κ3) is 4.41. The maximum Gasteiger partial charge on any atom is 0.268 e. The van der Waals surface area contributed by atoms with Crippen LogP contribution in [0.4, 0.5) is 0 Å². The fourth-order valence-electron chi connectivity index (χ4n) is 4.42. The van der Waals surface area contributed by atoms with Gasteiger partial charge < -0.3 is 20.8 Å². The van der Waals surface area contributed by atoms with E-state index in [1.54, 1.807) is 23.2 Å². The summed E-state index contributed by atoms with van der Waals surface area (Å²) < 4.78 is 6.05. The lowest BCUT2D eigenvalue weighted by atomic mass is 10.0. The Hall–Kier alpha value is -4.38. The van der Waals surface area contributed by atoms with Gasteiger partial charge in [0.1, 0.15) is 24.1 Å². The number of piperidine rings is 1. The second kappa shape index (κ2) is 9.11. The van der Waals surface area contributed by atoms with Gasteiger partial charge in [-0.2, -0.15) is 0 Å². The van der Waals surface area contributed by atoms with Gasteiger partial charge in [-0.25, -0.2) is 0 Å². The molecule has 4 amide bonds. The van der Waals surface area contributed by atoms with E-state index >= 15 is 0 Å². The van der Waals surface area contributed by atoms with Crippen molar-refractivity contribution in [3.63, 3.8) is 0 Å². The quantitative estimate of drug-likeness (QED) is 0.414. The summed E-state index contributed by atoms with van der Waals surface area (Å²) in [7, 11) is 0. The average Bonchev–Trinajstić information content (AvgIpc) is 3.44. The standard InChI is InChI=1S/C24H24N6O5/c25-22(32)19-10-26-28-30(19)11-14-4-6-15(7-5-14)13-35-20-3-1-2-16-17(20)12-29(24(16)34)18-8-9-21(31)27-23(18)33/h1-7,10,18,26,28H,8-9,11-13H2,(H2,25,32)(H,27,31,33). The molecule has 3 aliphatic heterocycles. The number of nitrogens with two attached hydrogens (primary N) is 1. The highest BCUT2D eigenvalue weighted by atomic mass is 16.5. The van der Waals surface area contributed by atoms with Gasteiger partial charge in [0.2, 0.25) is 11.8 Å². The van der Waals surface area contributed by atoms with E-state index in [1.165, 1.54) is 11.1 Å². The smallest absolute Gasteiger partial charge is 0.268 e. The first kappa shape index (κ1) is 22.4. The summed E-state index contributed by atoms with van der Waals surface area (Å²) in [5, 5.41) is 3.93. The Bertz CT molecular complexity index is 1240. The predicted octanol–water partition coefficient (Wildman–Crippen LogP) is 0.178. The lowest BCUT2D eigenvalue weighted by Crippen LogP contribution is -2.52. The number of ether oxygens (including phenoxy) is 1. The number of carbonyl (C=O) groups is 4. The Balaban J connectivity index is 1.23. The number of hydrogen-bond donors (Lipinski definition) is 4. The molecule has 1 fully saturated rings. The van der Waals surface area contributed by atoms with E-state index < -0.39 is 17.9 Å². The first-order chi connectivity index (χ1) is 16.9. The number of amides is 4. The van der Waals surface area contributed by atoms with Crippen molar-refractivity contribution in [1.82, 2.24) is 26.2 Å². The summed E-state index contributed by atoms with van der Waals surface area (Å²) in [6.45, 7) is 0.981. The number of primary amides is 1. The number of rotatable bonds is 7. The summed E-state index contributed by atoms with van der Waals surface area (Å²) in [5.41, 5.74) is 14.4. The molecule has 11 nitrogen and oxygen atoms in total. The van der Waals surface area contributed by atoms with E-state index in [4.69, 9.17) is 10.5 Å². The third-order valence-corrected chi connectivity index (χ3v) is 6.25. The molecule has 1 unspecified atom stereocenters. The zero-order valence-corrected chi connectivity index (χ0v) is 18.7. The fourth-order valence-corrected chi connectivity index (χ4v) is 4.42. The molecule has 5 N–H and O–H groups in total. The van der Waals surface area contributed by atoms with Gasteiger partial charge in [-0.3, -0.25) is 29.5 Å². The molecule has 11 heteroatoms. The van der Waals surface area contributed by atoms with Crippen molar-refractivity contribution in [3.05, 3.63) is 76.6 Å². The van der Waals surface area contributed by atoms with E-state index in [-0.39, 0.29) is 24.8 Å². The molecule has 0 bridgehead atoms. The Morgan fingerprint density at radius 1 is 1.09 bits per heavy atom. The van der Waals surface area contributed by atoms with E-state index in [0.29, 0.717) is 36.6 Å². The minimum Gasteiger partial charge on any atom is -0.489 e. The number of hydrazine groups is 2. The van der Waals surface area contributed by atoms with E-state index in [0.717, 1.165) is 16.7 Å². The monoisotopic (exact) mass is 476 g/mol. The molecular weight excluding hydrogens is 452 g/mol. The molecule has 5 rings (SSSR count). The summed E-state index contributed by atoms with van der Waals surface area (Å²) in [5.74, 6) is -0.943. The molecule has 0 aromatic heterocycles. The Morgan fingerprint density at radius 2 is 1.86 bits per heavy atom. The van der Waals surface area contributed by atoms with E-state index in [9.17, 15) is 19.2 Å². The maximum atomic E-state index is 13.0. The maximum absolute atomic E-state index is 13.0. The number of imide groups is 1. The van der Waals surface area contributed by atoms with Crippen molar-refractivity contribution in [2.75, 3.05) is 0 Å². The van der Waals surface area contributed by atoms with Crippen LogP contribution < -0.4 is 26.7 Å². The first-order valence-corrected chi connectivity index (χ1v) is 11.2. The molecule has 0 radical (unpaired) electrons. The summed E-state index contributed by atoms with van der Waals surface area (Å²) >= 11 is 0. The van der Waals surface area contributed by atoms with Crippen molar-refractivity contribution < 1.29 is 23.9 Å². The minimum absolute atomic E-state index is 0.209. The minimum atomic E-state index is -0.668. The van der Waals surface area contributed by atoms with Crippen LogP contribution in [-0.2, 0) is 34.1 Å². The fraction of sp³-hybridized carbons (Fsp3) is 0.250. The molecule has 35 heavy (non-hydrogen) atoms. The first-order valence-electron chi connectivity index (χ1n) is 11.2. The number of nitrogens with one attached hydrogen (secondary N) is 3. The summed E-state index contributed by atoms with van der Waals surface area (Å²) in [6.07, 6.45) is 2.03. The molecule has 0 spiro atoms. The SMILES string of the molecule is NC(=O)C1=CNNN1Cc1ccc(COc2cccc3c2CN(C2CCC(=O)NC2=O)C3=O)cc1. The van der Waals surface area contributed by atoms with Gasteiger partial charge in [-0.1, -0.05) is 30.3 Å². The van der Waals surface area contributed by atoms with Crippen molar-refractivity contribution in [2.24, 2.45) is 5.73 Å². The molecule has 180 valence electrons. The lowest BCUT2D eigenvalue weighted by molar-refractivity contribution is -0.137. The van der Waals surface area contributed by atoms with Crippen molar-refractivity contribution in [3.8, 4) is 5.75 Å². The van der Waals surface area contributed by atoms with Crippen LogP contribution in [0.15, 0.2) is 54.4 Å². The molecule has 3 heterocycles. The number of benzene rings is 2. The van der Waals surface area contributed by atoms with Crippen LogP contribution in [-0.4, -0.2) is 39.6 Å². The number of nitrogens with zero attached hydrogens (tertiary/aromatic N) is 2. The third-order valence-electron chi connectivity index (χ3n) is 6.25. The van der Waals surface area contributed by atoms with Crippen molar-refractivity contribution in [1.29, 1.82) is 0 Å². The Morgan fingerprint density at radius 3 is 2.60 bits per heavy atom. The highest BCUT2D eigenvalue weighted by Crippen LogP contribution is 2.34. The van der Waals surface area contributed by atoms with E-state index in [1.807, 2.05) is 24.3 Å². The molecule has 1 atom stereocenters. The lowest BCUT2D eigenvalue weighted by Gasteiger charge is -2.29. The molecule has 1 saturated heterocycles. The normalized spacial score (nSPS) is 19.3. The largest absolute Gasteiger partial charge is 0.489 e. The zero-order chi connectivity index (χ0) is 24.5. The van der Waals surface area contributed by atoms with Crippen molar-refractivity contribution >= 4 is 23.6 Å². The molecule has 0 aliphatic carbocycles. The highest BCUT2D eigenvalue weighted by Gasteiger charge is 2.40. The molecule has 0 saturated carbocycles. The number of carbonyl (C=O) groups excluding carboxylic acids is 4. The van der Waals surface area contributed by atoms with Crippen LogP contribution in [0.2, 0.25) is 0 Å². The summed E-state index contributed by atoms with van der Waals surface area (Å²) in [4.78, 5) is 49.7. The Labute approximate surface area is 200 Å². The van der Waals surface area contributed by atoms with Gasteiger partial charge >= 0.3 is 0 Å². The van der Waals surface area contributed by atoms with Gasteiger partial charge in [0.05, 0.1) is 13.1 Å². The zero-order valence-electron chi connectivity index (χ0n) is 18.7. The van der Waals surface area contributed by atoms with Gasteiger partial charge in [0, 0.05) is 23.7 Å². The number of fused-ring (bicyclic) bond motifs is 1. The van der Waals surface area contributed by atoms with Crippen LogP contribution in [0.1, 0.15) is 39.9 Å². The topological polar surface area (TPSA) is 146 Å². The average molecular weight is 476 g/mol. The molecule has 2 aromatic carbocycles. The van der Waals surface area contributed by atoms with Crippen LogP contribution in [0.3, 0.4) is 0 Å². The second-order valence-corrected chi connectivity index (χ2v) is 8.52. The molecular formula is C24H24N6O5. The highest BCUT2D eigenvalue weighted by molar-refractivity contribution is 6.05.